The van der Waals surface area contributed by atoms with E-state index in [4.69, 9.17) is 0 Å². The SMILES string of the molecule is CCCNC(CCC)C(C)c1ccc(C)c(F)c1. The summed E-state index contributed by atoms with van der Waals surface area (Å²) in [7, 11) is 0. The second-order valence-electron chi connectivity index (χ2n) is 5.15. The first kappa shape index (κ1) is 15.2. The van der Waals surface area contributed by atoms with Crippen LogP contribution >= 0.6 is 0 Å². The Morgan fingerprint density at radius 1 is 1.22 bits per heavy atom. The van der Waals surface area contributed by atoms with Crippen LogP contribution in [0.15, 0.2) is 18.2 Å². The molecule has 0 bridgehead atoms. The molecule has 0 saturated carbocycles. The van der Waals surface area contributed by atoms with Crippen molar-refractivity contribution in [3.8, 4) is 0 Å². The van der Waals surface area contributed by atoms with Gasteiger partial charge in [0.15, 0.2) is 0 Å². The predicted molar refractivity (Wildman–Crippen MR) is 76.5 cm³/mol. The molecule has 1 nitrogen and oxygen atoms in total. The highest BCUT2D eigenvalue weighted by atomic mass is 19.1. The van der Waals surface area contributed by atoms with Crippen LogP contribution in [0.25, 0.3) is 0 Å². The predicted octanol–water partition coefficient (Wildman–Crippen LogP) is 4.41. The van der Waals surface area contributed by atoms with Crippen LogP contribution in [0.2, 0.25) is 0 Å². The summed E-state index contributed by atoms with van der Waals surface area (Å²) < 4.78 is 13.6. The first-order valence-electron chi connectivity index (χ1n) is 7.09. The minimum atomic E-state index is -0.0925. The first-order chi connectivity index (χ1) is 8.60. The number of aryl methyl sites for hydroxylation is 1. The minimum absolute atomic E-state index is 0.0925. The highest BCUT2D eigenvalue weighted by Gasteiger charge is 2.18. The van der Waals surface area contributed by atoms with Crippen LogP contribution in [0.5, 0.6) is 0 Å². The smallest absolute Gasteiger partial charge is 0.126 e. The van der Waals surface area contributed by atoms with E-state index >= 15 is 0 Å². The maximum atomic E-state index is 13.6. The molecule has 2 atom stereocenters. The van der Waals surface area contributed by atoms with Gasteiger partial charge in [-0.25, -0.2) is 4.39 Å². The van der Waals surface area contributed by atoms with Crippen LogP contribution in [-0.2, 0) is 0 Å². The van der Waals surface area contributed by atoms with E-state index in [0.717, 1.165) is 36.9 Å². The number of nitrogens with one attached hydrogen (secondary N) is 1. The fraction of sp³-hybridized carbons (Fsp3) is 0.625. The zero-order valence-electron chi connectivity index (χ0n) is 12.1. The molecule has 1 aromatic rings. The van der Waals surface area contributed by atoms with Gasteiger partial charge in [-0.1, -0.05) is 39.3 Å². The molecule has 0 aliphatic heterocycles. The third-order valence-corrected chi connectivity index (χ3v) is 3.58. The van der Waals surface area contributed by atoms with E-state index in [-0.39, 0.29) is 5.82 Å². The van der Waals surface area contributed by atoms with Crippen LogP contribution in [-0.4, -0.2) is 12.6 Å². The van der Waals surface area contributed by atoms with Gasteiger partial charge in [-0.05, 0) is 49.4 Å². The van der Waals surface area contributed by atoms with Crippen molar-refractivity contribution in [1.29, 1.82) is 0 Å². The lowest BCUT2D eigenvalue weighted by molar-refractivity contribution is 0.419. The summed E-state index contributed by atoms with van der Waals surface area (Å²) >= 11 is 0. The number of benzene rings is 1. The van der Waals surface area contributed by atoms with Crippen molar-refractivity contribution >= 4 is 0 Å². The normalized spacial score (nSPS) is 14.5. The topological polar surface area (TPSA) is 12.0 Å². The number of hydrogen-bond donors (Lipinski definition) is 1. The van der Waals surface area contributed by atoms with Crippen LogP contribution < -0.4 is 5.32 Å². The van der Waals surface area contributed by atoms with Gasteiger partial charge in [-0.3, -0.25) is 0 Å². The molecular formula is C16H26FN. The highest BCUT2D eigenvalue weighted by molar-refractivity contribution is 5.26. The van der Waals surface area contributed by atoms with E-state index in [2.05, 4.69) is 32.2 Å². The molecule has 0 aliphatic rings. The van der Waals surface area contributed by atoms with E-state index < -0.39 is 0 Å². The summed E-state index contributed by atoms with van der Waals surface area (Å²) in [5.74, 6) is 0.261. The molecule has 0 spiro atoms. The molecular weight excluding hydrogens is 225 g/mol. The van der Waals surface area contributed by atoms with Crippen molar-refractivity contribution in [2.75, 3.05) is 6.54 Å². The molecule has 1 N–H and O–H groups in total. The molecule has 0 fully saturated rings. The number of hydrogen-bond acceptors (Lipinski definition) is 1. The molecule has 1 aromatic carbocycles. The van der Waals surface area contributed by atoms with Gasteiger partial charge < -0.3 is 5.32 Å². The Morgan fingerprint density at radius 2 is 1.94 bits per heavy atom. The molecule has 18 heavy (non-hydrogen) atoms. The van der Waals surface area contributed by atoms with Crippen molar-refractivity contribution in [1.82, 2.24) is 5.32 Å². The maximum Gasteiger partial charge on any atom is 0.126 e. The van der Waals surface area contributed by atoms with Crippen LogP contribution in [0, 0.1) is 12.7 Å². The van der Waals surface area contributed by atoms with Crippen molar-refractivity contribution in [2.24, 2.45) is 0 Å². The fourth-order valence-electron chi connectivity index (χ4n) is 2.29. The Labute approximate surface area is 111 Å². The number of halogens is 1. The summed E-state index contributed by atoms with van der Waals surface area (Å²) in [6.45, 7) is 9.40. The molecule has 2 heteroatoms. The second-order valence-corrected chi connectivity index (χ2v) is 5.15. The molecule has 0 saturated heterocycles. The first-order valence-corrected chi connectivity index (χ1v) is 7.09. The summed E-state index contributed by atoms with van der Waals surface area (Å²) in [4.78, 5) is 0. The van der Waals surface area contributed by atoms with E-state index in [9.17, 15) is 4.39 Å². The van der Waals surface area contributed by atoms with Crippen molar-refractivity contribution in [3.05, 3.63) is 35.1 Å². The zero-order chi connectivity index (χ0) is 13.5. The molecule has 0 radical (unpaired) electrons. The highest BCUT2D eigenvalue weighted by Crippen LogP contribution is 2.24. The molecule has 0 heterocycles. The number of rotatable bonds is 7. The summed E-state index contributed by atoms with van der Waals surface area (Å²) in [6.07, 6.45) is 3.42. The Hall–Kier alpha value is -0.890. The molecule has 2 unspecified atom stereocenters. The molecule has 0 aromatic heterocycles. The van der Waals surface area contributed by atoms with Gasteiger partial charge in [0.1, 0.15) is 5.82 Å². The van der Waals surface area contributed by atoms with Gasteiger partial charge in [-0.2, -0.15) is 0 Å². The van der Waals surface area contributed by atoms with Gasteiger partial charge in [0.25, 0.3) is 0 Å². The third kappa shape index (κ3) is 4.09. The summed E-state index contributed by atoms with van der Waals surface area (Å²) in [6, 6.07) is 6.07. The molecule has 102 valence electrons. The van der Waals surface area contributed by atoms with Crippen molar-refractivity contribution in [3.63, 3.8) is 0 Å². The van der Waals surface area contributed by atoms with Crippen molar-refractivity contribution in [2.45, 2.75) is 58.9 Å². The van der Waals surface area contributed by atoms with Gasteiger partial charge in [0.05, 0.1) is 0 Å². The van der Waals surface area contributed by atoms with Gasteiger partial charge in [-0.15, -0.1) is 0 Å². The quantitative estimate of drug-likeness (QED) is 0.757. The second kappa shape index (κ2) is 7.52. The zero-order valence-corrected chi connectivity index (χ0v) is 12.1. The van der Waals surface area contributed by atoms with Crippen molar-refractivity contribution < 1.29 is 4.39 Å². The van der Waals surface area contributed by atoms with Gasteiger partial charge in [0, 0.05) is 6.04 Å². The standard InChI is InChI=1S/C16H26FN/c1-5-7-16(18-10-6-2)13(4)14-9-8-12(3)15(17)11-14/h8-9,11,13,16,18H,5-7,10H2,1-4H3. The Balaban J connectivity index is 2.79. The van der Waals surface area contributed by atoms with E-state index in [1.54, 1.807) is 6.07 Å². The lowest BCUT2D eigenvalue weighted by Crippen LogP contribution is -2.34. The third-order valence-electron chi connectivity index (χ3n) is 3.58. The molecule has 1 rings (SSSR count). The maximum absolute atomic E-state index is 13.6. The summed E-state index contributed by atoms with van der Waals surface area (Å²) in [5.41, 5.74) is 1.82. The minimum Gasteiger partial charge on any atom is -0.313 e. The Kier molecular flexibility index (Phi) is 6.34. The van der Waals surface area contributed by atoms with E-state index in [1.165, 1.54) is 0 Å². The average molecular weight is 251 g/mol. The Bertz CT molecular complexity index is 362. The van der Waals surface area contributed by atoms with Crippen LogP contribution in [0.1, 0.15) is 57.1 Å². The average Bonchev–Trinajstić information content (AvgIpc) is 2.37. The largest absolute Gasteiger partial charge is 0.313 e. The molecule has 0 aliphatic carbocycles. The Morgan fingerprint density at radius 3 is 2.50 bits per heavy atom. The monoisotopic (exact) mass is 251 g/mol. The van der Waals surface area contributed by atoms with Crippen LogP contribution in [0.3, 0.4) is 0 Å². The lowest BCUT2D eigenvalue weighted by atomic mass is 9.90. The lowest BCUT2D eigenvalue weighted by Gasteiger charge is -2.25. The van der Waals surface area contributed by atoms with E-state index in [0.29, 0.717) is 12.0 Å². The summed E-state index contributed by atoms with van der Waals surface area (Å²) in [5, 5.41) is 3.58. The van der Waals surface area contributed by atoms with Gasteiger partial charge in [0.2, 0.25) is 0 Å². The van der Waals surface area contributed by atoms with E-state index in [1.807, 2.05) is 13.0 Å². The molecule has 0 amide bonds. The fourth-order valence-corrected chi connectivity index (χ4v) is 2.29. The van der Waals surface area contributed by atoms with Gasteiger partial charge >= 0.3 is 0 Å². The van der Waals surface area contributed by atoms with Crippen LogP contribution in [0.4, 0.5) is 4.39 Å².